The third-order valence-corrected chi connectivity index (χ3v) is 3.71. The monoisotopic (exact) mass is 318 g/mol. The van der Waals surface area contributed by atoms with Crippen LogP contribution in [0.5, 0.6) is 0 Å². The summed E-state index contributed by atoms with van der Waals surface area (Å²) in [5, 5.41) is 4.87. The molecule has 106 valence electrons. The number of carbonyl (C=O) groups is 1. The molecule has 1 amide bonds. The Hall–Kier alpha value is -1.97. The molecule has 2 aromatic carbocycles. The van der Waals surface area contributed by atoms with Gasteiger partial charge in [0, 0.05) is 22.3 Å². The molecule has 0 saturated heterocycles. The molecule has 0 aliphatic carbocycles. The number of fused-ring (bicyclic) bond motifs is 1. The lowest BCUT2D eigenvalue weighted by Crippen LogP contribution is -2.18. The number of carbonyl (C=O) groups excluding carboxylic acids is 1. The zero-order valence-electron chi connectivity index (χ0n) is 11.0. The molecule has 21 heavy (non-hydrogen) atoms. The molecule has 1 N–H and O–H groups in total. The third-order valence-electron chi connectivity index (χ3n) is 3.17. The Labute approximate surface area is 132 Å². The van der Waals surface area contributed by atoms with Crippen LogP contribution in [0.1, 0.15) is 0 Å². The van der Waals surface area contributed by atoms with E-state index in [1.165, 1.54) is 0 Å². The quantitative estimate of drug-likeness (QED) is 0.753. The van der Waals surface area contributed by atoms with Crippen LogP contribution in [0.3, 0.4) is 0 Å². The van der Waals surface area contributed by atoms with Gasteiger partial charge in [-0.2, -0.15) is 0 Å². The summed E-state index contributed by atoms with van der Waals surface area (Å²) in [6, 6.07) is 14.7. The van der Waals surface area contributed by atoms with Gasteiger partial charge in [0.2, 0.25) is 5.91 Å². The summed E-state index contributed by atoms with van der Waals surface area (Å²) in [4.78, 5) is 12.1. The Morgan fingerprint density at radius 2 is 1.86 bits per heavy atom. The second-order valence-corrected chi connectivity index (χ2v) is 5.52. The number of benzene rings is 2. The lowest BCUT2D eigenvalue weighted by atomic mass is 10.2. The standard InChI is InChI=1S/C16H12Cl2N2O/c17-11-8-14(18)13-6-7-20(15(13)9-11)10-16(21)19-12-4-2-1-3-5-12/h1-9H,10H2,(H,19,21). The van der Waals surface area contributed by atoms with Crippen LogP contribution in [-0.2, 0) is 11.3 Å². The maximum atomic E-state index is 12.1. The summed E-state index contributed by atoms with van der Waals surface area (Å²) in [6.45, 7) is 0.203. The highest BCUT2D eigenvalue weighted by molar-refractivity contribution is 6.38. The van der Waals surface area contributed by atoms with E-state index >= 15 is 0 Å². The van der Waals surface area contributed by atoms with Crippen LogP contribution in [0.25, 0.3) is 10.9 Å². The van der Waals surface area contributed by atoms with Gasteiger partial charge in [0.25, 0.3) is 0 Å². The first-order valence-corrected chi connectivity index (χ1v) is 7.18. The SMILES string of the molecule is O=C(Cn1ccc2c(Cl)cc(Cl)cc21)Nc1ccccc1. The highest BCUT2D eigenvalue weighted by atomic mass is 35.5. The van der Waals surface area contributed by atoms with E-state index in [0.29, 0.717) is 10.0 Å². The van der Waals surface area contributed by atoms with E-state index in [4.69, 9.17) is 23.2 Å². The van der Waals surface area contributed by atoms with Gasteiger partial charge in [-0.25, -0.2) is 0 Å². The Bertz CT molecular complexity index is 797. The maximum Gasteiger partial charge on any atom is 0.244 e. The molecule has 1 aromatic heterocycles. The number of nitrogens with one attached hydrogen (secondary N) is 1. The number of rotatable bonds is 3. The van der Waals surface area contributed by atoms with Crippen molar-refractivity contribution in [3.05, 3.63) is 64.8 Å². The van der Waals surface area contributed by atoms with Gasteiger partial charge in [0.1, 0.15) is 6.54 Å². The number of aromatic nitrogens is 1. The lowest BCUT2D eigenvalue weighted by molar-refractivity contribution is -0.116. The number of hydrogen-bond acceptors (Lipinski definition) is 1. The minimum Gasteiger partial charge on any atom is -0.338 e. The molecular formula is C16H12Cl2N2O. The first kappa shape index (κ1) is 14.0. The topological polar surface area (TPSA) is 34.0 Å². The summed E-state index contributed by atoms with van der Waals surface area (Å²) in [5.41, 5.74) is 1.62. The van der Waals surface area contributed by atoms with Crippen molar-refractivity contribution in [1.29, 1.82) is 0 Å². The van der Waals surface area contributed by atoms with Crippen molar-refractivity contribution in [2.75, 3.05) is 5.32 Å². The molecule has 3 aromatic rings. The summed E-state index contributed by atoms with van der Waals surface area (Å²) >= 11 is 12.2. The van der Waals surface area contributed by atoms with Crippen molar-refractivity contribution in [2.45, 2.75) is 6.54 Å². The smallest absolute Gasteiger partial charge is 0.244 e. The Balaban J connectivity index is 1.83. The van der Waals surface area contributed by atoms with Crippen LogP contribution < -0.4 is 5.32 Å². The second-order valence-electron chi connectivity index (χ2n) is 4.68. The zero-order valence-corrected chi connectivity index (χ0v) is 12.5. The van der Waals surface area contributed by atoms with E-state index in [0.717, 1.165) is 16.6 Å². The van der Waals surface area contributed by atoms with Crippen LogP contribution >= 0.6 is 23.2 Å². The first-order chi connectivity index (χ1) is 10.1. The molecule has 0 aliphatic heterocycles. The van der Waals surface area contributed by atoms with Gasteiger partial charge in [-0.15, -0.1) is 0 Å². The minimum absolute atomic E-state index is 0.102. The van der Waals surface area contributed by atoms with Crippen LogP contribution in [0.2, 0.25) is 10.0 Å². The predicted molar refractivity (Wildman–Crippen MR) is 87.0 cm³/mol. The highest BCUT2D eigenvalue weighted by Gasteiger charge is 2.09. The van der Waals surface area contributed by atoms with E-state index in [1.54, 1.807) is 12.1 Å². The van der Waals surface area contributed by atoms with E-state index in [9.17, 15) is 4.79 Å². The van der Waals surface area contributed by atoms with Crippen molar-refractivity contribution in [2.24, 2.45) is 0 Å². The predicted octanol–water partition coefficient (Wildman–Crippen LogP) is 4.59. The molecular weight excluding hydrogens is 307 g/mol. The van der Waals surface area contributed by atoms with Crippen molar-refractivity contribution in [1.82, 2.24) is 4.57 Å². The summed E-state index contributed by atoms with van der Waals surface area (Å²) < 4.78 is 1.82. The summed E-state index contributed by atoms with van der Waals surface area (Å²) in [5.74, 6) is -0.102. The average Bonchev–Trinajstić information content (AvgIpc) is 2.83. The molecule has 0 spiro atoms. The normalized spacial score (nSPS) is 10.8. The molecule has 0 aliphatic rings. The van der Waals surface area contributed by atoms with Crippen molar-refractivity contribution >= 4 is 45.7 Å². The molecule has 0 fully saturated rings. The fourth-order valence-electron chi connectivity index (χ4n) is 2.23. The molecule has 5 heteroatoms. The Kier molecular flexibility index (Phi) is 3.86. The van der Waals surface area contributed by atoms with Crippen molar-refractivity contribution in [3.8, 4) is 0 Å². The van der Waals surface area contributed by atoms with Gasteiger partial charge >= 0.3 is 0 Å². The fourth-order valence-corrected chi connectivity index (χ4v) is 2.78. The van der Waals surface area contributed by atoms with Gasteiger partial charge in [-0.05, 0) is 30.3 Å². The summed E-state index contributed by atoms with van der Waals surface area (Å²) in [6.07, 6.45) is 1.83. The largest absolute Gasteiger partial charge is 0.338 e. The lowest BCUT2D eigenvalue weighted by Gasteiger charge is -2.08. The molecule has 3 rings (SSSR count). The maximum absolute atomic E-state index is 12.1. The zero-order chi connectivity index (χ0) is 14.8. The summed E-state index contributed by atoms with van der Waals surface area (Å²) in [7, 11) is 0. The molecule has 3 nitrogen and oxygen atoms in total. The molecule has 0 atom stereocenters. The minimum atomic E-state index is -0.102. The Morgan fingerprint density at radius 1 is 1.10 bits per heavy atom. The van der Waals surface area contributed by atoms with Crippen LogP contribution in [0.4, 0.5) is 5.69 Å². The number of para-hydroxylation sites is 1. The van der Waals surface area contributed by atoms with Crippen LogP contribution in [0, 0.1) is 0 Å². The second kappa shape index (κ2) is 5.80. The van der Waals surface area contributed by atoms with Gasteiger partial charge < -0.3 is 9.88 Å². The molecule has 0 radical (unpaired) electrons. The van der Waals surface area contributed by atoms with Gasteiger partial charge in [-0.1, -0.05) is 41.4 Å². The van der Waals surface area contributed by atoms with E-state index in [2.05, 4.69) is 5.32 Å². The van der Waals surface area contributed by atoms with Crippen LogP contribution in [-0.4, -0.2) is 10.5 Å². The number of anilines is 1. The van der Waals surface area contributed by atoms with Gasteiger partial charge in [0.05, 0.1) is 10.5 Å². The number of amides is 1. The third kappa shape index (κ3) is 3.04. The number of nitrogens with zero attached hydrogens (tertiary/aromatic N) is 1. The van der Waals surface area contributed by atoms with Crippen LogP contribution in [0.15, 0.2) is 54.7 Å². The molecule has 1 heterocycles. The first-order valence-electron chi connectivity index (χ1n) is 6.42. The average molecular weight is 319 g/mol. The van der Waals surface area contributed by atoms with Gasteiger partial charge in [0.15, 0.2) is 0 Å². The molecule has 0 saturated carbocycles. The highest BCUT2D eigenvalue weighted by Crippen LogP contribution is 2.28. The van der Waals surface area contributed by atoms with Crippen molar-refractivity contribution in [3.63, 3.8) is 0 Å². The fraction of sp³-hybridized carbons (Fsp3) is 0.0625. The van der Waals surface area contributed by atoms with Crippen molar-refractivity contribution < 1.29 is 4.79 Å². The number of hydrogen-bond donors (Lipinski definition) is 1. The van der Waals surface area contributed by atoms with E-state index in [-0.39, 0.29) is 12.5 Å². The van der Waals surface area contributed by atoms with Gasteiger partial charge in [-0.3, -0.25) is 4.79 Å². The molecule has 0 unspecified atom stereocenters. The molecule has 0 bridgehead atoms. The Morgan fingerprint density at radius 3 is 2.62 bits per heavy atom. The number of halogens is 2. The van der Waals surface area contributed by atoms with E-state index < -0.39 is 0 Å². The van der Waals surface area contributed by atoms with E-state index in [1.807, 2.05) is 47.2 Å².